The number of fused-ring (bicyclic) bond motifs is 1. The van der Waals surface area contributed by atoms with Gasteiger partial charge in [0.15, 0.2) is 0 Å². The molecule has 0 saturated heterocycles. The van der Waals surface area contributed by atoms with Crippen LogP contribution in [0.4, 0.5) is 0 Å². The van der Waals surface area contributed by atoms with E-state index in [1.165, 1.54) is 17.4 Å². The molecule has 0 radical (unpaired) electrons. The van der Waals surface area contributed by atoms with Crippen LogP contribution in [0.5, 0.6) is 0 Å². The van der Waals surface area contributed by atoms with Crippen LogP contribution < -0.4 is 5.32 Å². The predicted octanol–water partition coefficient (Wildman–Crippen LogP) is 5.10. The van der Waals surface area contributed by atoms with Crippen LogP contribution in [0.2, 0.25) is 0 Å². The highest BCUT2D eigenvalue weighted by Gasteiger charge is 2.18. The summed E-state index contributed by atoms with van der Waals surface area (Å²) in [5, 5.41) is 5.00. The van der Waals surface area contributed by atoms with E-state index in [2.05, 4.69) is 68.3 Å². The van der Waals surface area contributed by atoms with E-state index in [0.29, 0.717) is 11.5 Å². The second-order valence-electron chi connectivity index (χ2n) is 7.02. The van der Waals surface area contributed by atoms with Gasteiger partial charge in [0.2, 0.25) is 0 Å². The van der Waals surface area contributed by atoms with E-state index < -0.39 is 0 Å². The van der Waals surface area contributed by atoms with Crippen molar-refractivity contribution in [3.05, 3.63) is 42.1 Å². The van der Waals surface area contributed by atoms with Crippen LogP contribution in [0.1, 0.15) is 58.6 Å². The minimum atomic E-state index is 0.370. The Hall–Kier alpha value is -1.41. The molecule has 1 aromatic heterocycles. The lowest BCUT2D eigenvalue weighted by Gasteiger charge is -2.25. The van der Waals surface area contributed by atoms with E-state index in [0.717, 1.165) is 24.9 Å². The molecule has 114 valence electrons. The predicted molar refractivity (Wildman–Crippen MR) is 91.5 cm³/mol. The highest BCUT2D eigenvalue weighted by molar-refractivity contribution is 5.82. The molecule has 0 fully saturated rings. The van der Waals surface area contributed by atoms with Gasteiger partial charge in [-0.2, -0.15) is 0 Å². The van der Waals surface area contributed by atoms with E-state index in [-0.39, 0.29) is 0 Å². The van der Waals surface area contributed by atoms with E-state index in [1.54, 1.807) is 0 Å². The average Bonchev–Trinajstić information content (AvgIpc) is 2.46. The minimum absolute atomic E-state index is 0.370. The number of hydrogen-bond acceptors (Lipinski definition) is 2. The molecule has 0 amide bonds. The SMILES string of the molecule is CCCNC(CCC(C)(C)C)c1ccnc2ccccc12. The Balaban J connectivity index is 2.29. The number of hydrogen-bond donors (Lipinski definition) is 1. The maximum atomic E-state index is 4.49. The van der Waals surface area contributed by atoms with Crippen LogP contribution in [0.3, 0.4) is 0 Å². The molecule has 1 N–H and O–H groups in total. The fourth-order valence-corrected chi connectivity index (χ4v) is 2.69. The Morgan fingerprint density at radius 2 is 1.90 bits per heavy atom. The van der Waals surface area contributed by atoms with Crippen LogP contribution in [-0.4, -0.2) is 11.5 Å². The number of rotatable bonds is 6. The van der Waals surface area contributed by atoms with Crippen molar-refractivity contribution in [2.45, 2.75) is 53.0 Å². The molecule has 2 rings (SSSR count). The molecule has 2 nitrogen and oxygen atoms in total. The first-order valence-electron chi connectivity index (χ1n) is 8.08. The zero-order valence-corrected chi connectivity index (χ0v) is 13.8. The normalized spacial score (nSPS) is 13.5. The number of aromatic nitrogens is 1. The standard InChI is InChI=1S/C19H28N2/c1-5-13-20-18(10-12-19(2,3)4)16-11-14-21-17-9-7-6-8-15(16)17/h6-9,11,14,18,20H,5,10,12-13H2,1-4H3. The number of nitrogens with zero attached hydrogens (tertiary/aromatic N) is 1. The number of pyridine rings is 1. The third-order valence-corrected chi connectivity index (χ3v) is 3.88. The van der Waals surface area contributed by atoms with E-state index in [1.807, 2.05) is 6.20 Å². The number of benzene rings is 1. The van der Waals surface area contributed by atoms with Crippen LogP contribution in [0.15, 0.2) is 36.5 Å². The summed E-state index contributed by atoms with van der Waals surface area (Å²) in [6.45, 7) is 10.2. The van der Waals surface area contributed by atoms with Crippen LogP contribution in [0, 0.1) is 5.41 Å². The first kappa shape index (κ1) is 16.0. The van der Waals surface area contributed by atoms with Gasteiger partial charge in [0.1, 0.15) is 0 Å². The highest BCUT2D eigenvalue weighted by Crippen LogP contribution is 2.30. The molecule has 21 heavy (non-hydrogen) atoms. The average molecular weight is 284 g/mol. The van der Waals surface area contributed by atoms with Gasteiger partial charge in [-0.1, -0.05) is 45.9 Å². The molecule has 2 aromatic rings. The van der Waals surface area contributed by atoms with Gasteiger partial charge in [0.05, 0.1) is 5.52 Å². The summed E-state index contributed by atoms with van der Waals surface area (Å²) in [4.78, 5) is 4.49. The van der Waals surface area contributed by atoms with Gasteiger partial charge < -0.3 is 5.32 Å². The molecule has 1 atom stereocenters. The van der Waals surface area contributed by atoms with Gasteiger partial charge in [-0.05, 0) is 48.9 Å². The summed E-state index contributed by atoms with van der Waals surface area (Å²) in [7, 11) is 0. The Kier molecular flexibility index (Phi) is 5.35. The number of nitrogens with one attached hydrogen (secondary N) is 1. The molecular weight excluding hydrogens is 256 g/mol. The maximum absolute atomic E-state index is 4.49. The zero-order valence-electron chi connectivity index (χ0n) is 13.8. The van der Waals surface area contributed by atoms with Crippen LogP contribution in [0.25, 0.3) is 10.9 Å². The Morgan fingerprint density at radius 3 is 2.62 bits per heavy atom. The van der Waals surface area contributed by atoms with Gasteiger partial charge in [-0.3, -0.25) is 4.98 Å². The lowest BCUT2D eigenvalue weighted by molar-refractivity contribution is 0.333. The molecule has 0 spiro atoms. The summed E-state index contributed by atoms with van der Waals surface area (Å²) in [6.07, 6.45) is 5.48. The van der Waals surface area contributed by atoms with Crippen molar-refractivity contribution in [1.29, 1.82) is 0 Å². The highest BCUT2D eigenvalue weighted by atomic mass is 14.9. The Bertz CT molecular complexity index is 564. The first-order valence-corrected chi connectivity index (χ1v) is 8.08. The summed E-state index contributed by atoms with van der Waals surface area (Å²) >= 11 is 0. The molecule has 1 unspecified atom stereocenters. The van der Waals surface area contributed by atoms with E-state index in [9.17, 15) is 0 Å². The zero-order chi connectivity index (χ0) is 15.3. The summed E-state index contributed by atoms with van der Waals surface area (Å²) < 4.78 is 0. The summed E-state index contributed by atoms with van der Waals surface area (Å²) in [5.74, 6) is 0. The molecule has 0 aliphatic carbocycles. The molecule has 0 bridgehead atoms. The van der Waals surface area contributed by atoms with E-state index in [4.69, 9.17) is 0 Å². The fourth-order valence-electron chi connectivity index (χ4n) is 2.69. The van der Waals surface area contributed by atoms with Crippen molar-refractivity contribution in [2.75, 3.05) is 6.54 Å². The Morgan fingerprint density at radius 1 is 1.14 bits per heavy atom. The third-order valence-electron chi connectivity index (χ3n) is 3.88. The lowest BCUT2D eigenvalue weighted by atomic mass is 9.86. The Labute approximate surface area is 129 Å². The molecule has 0 aliphatic heterocycles. The third kappa shape index (κ3) is 4.53. The van der Waals surface area contributed by atoms with Gasteiger partial charge in [-0.25, -0.2) is 0 Å². The largest absolute Gasteiger partial charge is 0.310 e. The topological polar surface area (TPSA) is 24.9 Å². The molecular formula is C19H28N2. The van der Waals surface area contributed by atoms with Gasteiger partial charge in [0, 0.05) is 17.6 Å². The fraction of sp³-hybridized carbons (Fsp3) is 0.526. The van der Waals surface area contributed by atoms with Crippen molar-refractivity contribution in [3.8, 4) is 0 Å². The van der Waals surface area contributed by atoms with Crippen molar-refractivity contribution < 1.29 is 0 Å². The number of para-hydroxylation sites is 1. The monoisotopic (exact) mass is 284 g/mol. The van der Waals surface area contributed by atoms with Crippen LogP contribution >= 0.6 is 0 Å². The molecule has 2 heteroatoms. The molecule has 1 heterocycles. The van der Waals surface area contributed by atoms with Gasteiger partial charge in [0.25, 0.3) is 0 Å². The second kappa shape index (κ2) is 7.04. The van der Waals surface area contributed by atoms with Crippen molar-refractivity contribution in [1.82, 2.24) is 10.3 Å². The quantitative estimate of drug-likeness (QED) is 0.798. The van der Waals surface area contributed by atoms with Gasteiger partial charge in [-0.15, -0.1) is 0 Å². The second-order valence-corrected chi connectivity index (χ2v) is 7.02. The molecule has 1 aromatic carbocycles. The van der Waals surface area contributed by atoms with Crippen molar-refractivity contribution in [2.24, 2.45) is 5.41 Å². The lowest BCUT2D eigenvalue weighted by Crippen LogP contribution is -2.24. The first-order chi connectivity index (χ1) is 10.0. The van der Waals surface area contributed by atoms with Crippen LogP contribution in [-0.2, 0) is 0 Å². The van der Waals surface area contributed by atoms with E-state index >= 15 is 0 Å². The maximum Gasteiger partial charge on any atom is 0.0705 e. The summed E-state index contributed by atoms with van der Waals surface area (Å²) in [5.41, 5.74) is 2.85. The van der Waals surface area contributed by atoms with Gasteiger partial charge >= 0.3 is 0 Å². The smallest absolute Gasteiger partial charge is 0.0705 e. The summed E-state index contributed by atoms with van der Waals surface area (Å²) in [6, 6.07) is 11.0. The van der Waals surface area contributed by atoms with Crippen molar-refractivity contribution >= 4 is 10.9 Å². The molecule has 0 aliphatic rings. The molecule has 0 saturated carbocycles. The minimum Gasteiger partial charge on any atom is -0.310 e. The van der Waals surface area contributed by atoms with Crippen molar-refractivity contribution in [3.63, 3.8) is 0 Å².